The third-order valence-electron chi connectivity index (χ3n) is 4.83. The van der Waals surface area contributed by atoms with Crippen LogP contribution >= 0.6 is 0 Å². The number of amides is 3. The van der Waals surface area contributed by atoms with Gasteiger partial charge in [0.1, 0.15) is 0 Å². The fraction of sp³-hybridized carbons (Fsp3) is 0.500. The maximum atomic E-state index is 12.2. The summed E-state index contributed by atoms with van der Waals surface area (Å²) in [6.07, 6.45) is 3.72. The Labute approximate surface area is 157 Å². The van der Waals surface area contributed by atoms with Crippen LogP contribution in [0.25, 0.3) is 11.4 Å². The number of nitrogens with zero attached hydrogens (tertiary/aromatic N) is 5. The van der Waals surface area contributed by atoms with Crippen molar-refractivity contribution in [1.82, 2.24) is 30.4 Å². The smallest absolute Gasteiger partial charge is 0.319 e. The van der Waals surface area contributed by atoms with Crippen molar-refractivity contribution in [1.29, 1.82) is 0 Å². The van der Waals surface area contributed by atoms with E-state index < -0.39 is 0 Å². The van der Waals surface area contributed by atoms with Crippen molar-refractivity contribution in [3.63, 3.8) is 0 Å². The van der Waals surface area contributed by atoms with Crippen LogP contribution in [-0.2, 0) is 4.79 Å². The van der Waals surface area contributed by atoms with Gasteiger partial charge in [-0.1, -0.05) is 0 Å². The number of hydrogen-bond donors (Lipinski definition) is 2. The molecule has 3 amide bonds. The van der Waals surface area contributed by atoms with E-state index in [0.717, 1.165) is 37.2 Å². The lowest BCUT2D eigenvalue weighted by atomic mass is 10.2. The summed E-state index contributed by atoms with van der Waals surface area (Å²) in [6.45, 7) is 3.20. The first kappa shape index (κ1) is 17.4. The van der Waals surface area contributed by atoms with Gasteiger partial charge < -0.3 is 15.5 Å². The molecular weight excluding hydrogens is 346 g/mol. The minimum absolute atomic E-state index is 0.116. The first-order chi connectivity index (χ1) is 13.1. The molecule has 27 heavy (non-hydrogen) atoms. The maximum Gasteiger partial charge on any atom is 0.319 e. The highest BCUT2D eigenvalue weighted by molar-refractivity contribution is 5.89. The molecule has 0 unspecified atom stereocenters. The second kappa shape index (κ2) is 7.34. The third-order valence-corrected chi connectivity index (χ3v) is 4.83. The average molecular weight is 369 g/mol. The van der Waals surface area contributed by atoms with Crippen LogP contribution in [0.2, 0.25) is 0 Å². The van der Waals surface area contributed by atoms with Gasteiger partial charge in [-0.2, -0.15) is 0 Å². The molecule has 2 heterocycles. The fourth-order valence-electron chi connectivity index (χ4n) is 3.32. The average Bonchev–Trinajstić information content (AvgIpc) is 3.24. The summed E-state index contributed by atoms with van der Waals surface area (Å²) in [4.78, 5) is 25.6. The molecule has 9 nitrogen and oxygen atoms in total. The Morgan fingerprint density at radius 2 is 2.07 bits per heavy atom. The number of hydrogen-bond acceptors (Lipinski definition) is 5. The monoisotopic (exact) mass is 369 g/mol. The molecule has 9 heteroatoms. The number of anilines is 1. The van der Waals surface area contributed by atoms with Gasteiger partial charge in [-0.05, 0) is 60.9 Å². The van der Waals surface area contributed by atoms with Gasteiger partial charge in [0.15, 0.2) is 5.82 Å². The summed E-state index contributed by atoms with van der Waals surface area (Å²) in [6, 6.07) is 7.45. The van der Waals surface area contributed by atoms with Crippen LogP contribution in [0.15, 0.2) is 24.3 Å². The van der Waals surface area contributed by atoms with Crippen LogP contribution in [-0.4, -0.2) is 56.2 Å². The molecule has 1 atom stereocenters. The summed E-state index contributed by atoms with van der Waals surface area (Å²) < 4.78 is 1.86. The summed E-state index contributed by atoms with van der Waals surface area (Å²) in [5, 5.41) is 17.6. The van der Waals surface area contributed by atoms with Gasteiger partial charge in [0, 0.05) is 36.8 Å². The van der Waals surface area contributed by atoms with Crippen LogP contribution in [0.4, 0.5) is 10.5 Å². The van der Waals surface area contributed by atoms with E-state index in [1.54, 1.807) is 4.90 Å². The molecular formula is C18H23N7O2. The highest BCUT2D eigenvalue weighted by Gasteiger charge is 2.28. The fourth-order valence-corrected chi connectivity index (χ4v) is 3.32. The predicted molar refractivity (Wildman–Crippen MR) is 99.0 cm³/mol. The molecule has 1 saturated heterocycles. The van der Waals surface area contributed by atoms with Gasteiger partial charge in [0.05, 0.1) is 6.04 Å². The summed E-state index contributed by atoms with van der Waals surface area (Å²) >= 11 is 0. The van der Waals surface area contributed by atoms with Crippen LogP contribution in [0, 0.1) is 0 Å². The van der Waals surface area contributed by atoms with Crippen LogP contribution in [0.1, 0.15) is 38.6 Å². The number of urea groups is 1. The molecule has 1 aliphatic heterocycles. The Hall–Kier alpha value is -2.97. The van der Waals surface area contributed by atoms with Gasteiger partial charge in [0.25, 0.3) is 0 Å². The van der Waals surface area contributed by atoms with Crippen LogP contribution in [0.3, 0.4) is 0 Å². The topological polar surface area (TPSA) is 105 Å². The molecule has 0 bridgehead atoms. The largest absolute Gasteiger partial charge is 0.341 e. The number of likely N-dealkylation sites (tertiary alicyclic amines) is 1. The Kier molecular flexibility index (Phi) is 4.74. The summed E-state index contributed by atoms with van der Waals surface area (Å²) in [5.74, 6) is 0.908. The van der Waals surface area contributed by atoms with E-state index in [9.17, 15) is 9.59 Å². The summed E-state index contributed by atoms with van der Waals surface area (Å²) in [7, 11) is 0. The predicted octanol–water partition coefficient (Wildman–Crippen LogP) is 1.81. The van der Waals surface area contributed by atoms with E-state index in [0.29, 0.717) is 24.7 Å². The van der Waals surface area contributed by atoms with E-state index in [1.165, 1.54) is 0 Å². The molecule has 0 radical (unpaired) electrons. The van der Waals surface area contributed by atoms with Crippen molar-refractivity contribution in [2.45, 2.75) is 44.7 Å². The lowest BCUT2D eigenvalue weighted by Gasteiger charge is -2.21. The first-order valence-electron chi connectivity index (χ1n) is 9.34. The number of rotatable bonds is 6. The summed E-state index contributed by atoms with van der Waals surface area (Å²) in [5.41, 5.74) is 1.60. The van der Waals surface area contributed by atoms with Gasteiger partial charge in [-0.3, -0.25) is 4.79 Å². The standard InChI is InChI=1S/C18H23N7O2/c1-12(11-24-10-2-3-16(24)26)19-18(27)20-14-6-4-13(5-7-14)17-21-22-23-25(17)15-8-9-15/h4-7,12,15H,2-3,8-11H2,1H3,(H2,19,20,27)/t12-/m1/s1. The minimum atomic E-state index is -0.287. The molecule has 4 rings (SSSR count). The molecule has 2 fully saturated rings. The number of benzene rings is 1. The zero-order chi connectivity index (χ0) is 18.8. The third kappa shape index (κ3) is 4.07. The Morgan fingerprint density at radius 3 is 2.74 bits per heavy atom. The van der Waals surface area contributed by atoms with Crippen molar-refractivity contribution < 1.29 is 9.59 Å². The van der Waals surface area contributed by atoms with Crippen molar-refractivity contribution in [2.75, 3.05) is 18.4 Å². The minimum Gasteiger partial charge on any atom is -0.341 e. The van der Waals surface area contributed by atoms with Gasteiger partial charge in [0.2, 0.25) is 5.91 Å². The Balaban J connectivity index is 1.32. The Morgan fingerprint density at radius 1 is 1.30 bits per heavy atom. The number of aromatic nitrogens is 4. The lowest BCUT2D eigenvalue weighted by molar-refractivity contribution is -0.127. The van der Waals surface area contributed by atoms with E-state index >= 15 is 0 Å². The maximum absolute atomic E-state index is 12.2. The molecule has 1 aromatic heterocycles. The van der Waals surface area contributed by atoms with E-state index in [2.05, 4.69) is 26.2 Å². The zero-order valence-corrected chi connectivity index (χ0v) is 15.3. The molecule has 2 aromatic rings. The van der Waals surface area contributed by atoms with Crippen LogP contribution < -0.4 is 10.6 Å². The number of carbonyl (C=O) groups is 2. The van der Waals surface area contributed by atoms with E-state index in [4.69, 9.17) is 0 Å². The second-order valence-corrected chi connectivity index (χ2v) is 7.20. The van der Waals surface area contributed by atoms with Crippen molar-refractivity contribution in [2.24, 2.45) is 0 Å². The lowest BCUT2D eigenvalue weighted by Crippen LogP contribution is -2.44. The molecule has 142 valence electrons. The highest BCUT2D eigenvalue weighted by atomic mass is 16.2. The van der Waals surface area contributed by atoms with Crippen molar-refractivity contribution >= 4 is 17.6 Å². The quantitative estimate of drug-likeness (QED) is 0.808. The SMILES string of the molecule is C[C@H](CN1CCCC1=O)NC(=O)Nc1ccc(-c2nnnn2C2CC2)cc1. The zero-order valence-electron chi connectivity index (χ0n) is 15.3. The van der Waals surface area contributed by atoms with E-state index in [1.807, 2.05) is 35.9 Å². The number of nitrogens with one attached hydrogen (secondary N) is 2. The molecule has 1 aliphatic carbocycles. The van der Waals surface area contributed by atoms with Gasteiger partial charge >= 0.3 is 6.03 Å². The van der Waals surface area contributed by atoms with Crippen molar-refractivity contribution in [3.05, 3.63) is 24.3 Å². The first-order valence-corrected chi connectivity index (χ1v) is 9.34. The normalized spacial score (nSPS) is 17.8. The van der Waals surface area contributed by atoms with Gasteiger partial charge in [-0.15, -0.1) is 5.10 Å². The highest BCUT2D eigenvalue weighted by Crippen LogP contribution is 2.36. The second-order valence-electron chi connectivity index (χ2n) is 7.20. The van der Waals surface area contributed by atoms with Crippen LogP contribution in [0.5, 0.6) is 0 Å². The number of tetrazole rings is 1. The van der Waals surface area contributed by atoms with Crippen molar-refractivity contribution in [3.8, 4) is 11.4 Å². The Bertz CT molecular complexity index is 828. The van der Waals surface area contributed by atoms with Gasteiger partial charge in [-0.25, -0.2) is 9.48 Å². The molecule has 1 aromatic carbocycles. The molecule has 1 saturated carbocycles. The molecule has 2 N–H and O–H groups in total. The molecule has 2 aliphatic rings. The molecule has 0 spiro atoms. The van der Waals surface area contributed by atoms with E-state index in [-0.39, 0.29) is 18.0 Å². The number of carbonyl (C=O) groups excluding carboxylic acids is 2.